The summed E-state index contributed by atoms with van der Waals surface area (Å²) in [6.45, 7) is 1.91. The van der Waals surface area contributed by atoms with Gasteiger partial charge < -0.3 is 9.47 Å². The SMILES string of the molecule is COc1cc(C#N)cc(OCC(C)CS(N)(=O)=O)c1. The van der Waals surface area contributed by atoms with Crippen LogP contribution in [0.1, 0.15) is 12.5 Å². The largest absolute Gasteiger partial charge is 0.497 e. The first-order valence-electron chi connectivity index (χ1n) is 5.56. The number of nitrogens with zero attached hydrogens (tertiary/aromatic N) is 1. The monoisotopic (exact) mass is 284 g/mol. The highest BCUT2D eigenvalue weighted by Gasteiger charge is 2.12. The number of sulfonamides is 1. The molecule has 0 spiro atoms. The van der Waals surface area contributed by atoms with Gasteiger partial charge in [-0.25, -0.2) is 13.6 Å². The molecule has 1 aromatic rings. The van der Waals surface area contributed by atoms with E-state index in [1.807, 2.05) is 6.07 Å². The van der Waals surface area contributed by atoms with E-state index in [1.165, 1.54) is 7.11 Å². The number of nitriles is 1. The highest BCUT2D eigenvalue weighted by molar-refractivity contribution is 7.89. The maximum Gasteiger partial charge on any atom is 0.209 e. The molecule has 0 aromatic heterocycles. The van der Waals surface area contributed by atoms with Crippen molar-refractivity contribution in [2.45, 2.75) is 6.92 Å². The summed E-state index contributed by atoms with van der Waals surface area (Å²) in [7, 11) is -2.02. The van der Waals surface area contributed by atoms with Gasteiger partial charge in [-0.1, -0.05) is 6.92 Å². The van der Waals surface area contributed by atoms with Gasteiger partial charge in [0.05, 0.1) is 31.1 Å². The van der Waals surface area contributed by atoms with Crippen LogP contribution in [0.15, 0.2) is 18.2 Å². The first-order valence-corrected chi connectivity index (χ1v) is 7.28. The summed E-state index contributed by atoms with van der Waals surface area (Å²) in [5.74, 6) is 0.569. The van der Waals surface area contributed by atoms with Crippen LogP contribution in [0, 0.1) is 17.2 Å². The molecule has 2 N–H and O–H groups in total. The van der Waals surface area contributed by atoms with E-state index in [4.69, 9.17) is 19.9 Å². The summed E-state index contributed by atoms with van der Waals surface area (Å²) in [4.78, 5) is 0. The molecule has 0 saturated heterocycles. The van der Waals surface area contributed by atoms with Crippen molar-refractivity contribution in [3.05, 3.63) is 23.8 Å². The normalized spacial score (nSPS) is 12.5. The molecule has 0 aliphatic heterocycles. The molecule has 1 aromatic carbocycles. The van der Waals surface area contributed by atoms with Gasteiger partial charge in [0, 0.05) is 12.0 Å². The fourth-order valence-electron chi connectivity index (χ4n) is 1.52. The van der Waals surface area contributed by atoms with Crippen molar-refractivity contribution in [3.8, 4) is 17.6 Å². The van der Waals surface area contributed by atoms with Crippen molar-refractivity contribution in [2.75, 3.05) is 19.5 Å². The zero-order valence-electron chi connectivity index (χ0n) is 10.8. The summed E-state index contributed by atoms with van der Waals surface area (Å²) < 4.78 is 32.3. The molecule has 1 atom stereocenters. The lowest BCUT2D eigenvalue weighted by Crippen LogP contribution is -2.25. The molecule has 7 heteroatoms. The Balaban J connectivity index is 2.70. The van der Waals surface area contributed by atoms with Crippen LogP contribution in [-0.4, -0.2) is 27.9 Å². The molecule has 0 bridgehead atoms. The third-order valence-electron chi connectivity index (χ3n) is 2.30. The average molecular weight is 284 g/mol. The zero-order chi connectivity index (χ0) is 14.5. The van der Waals surface area contributed by atoms with Gasteiger partial charge in [-0.3, -0.25) is 0 Å². The Labute approximate surface area is 112 Å². The molecule has 0 heterocycles. The third kappa shape index (κ3) is 5.59. The minimum atomic E-state index is -3.51. The van der Waals surface area contributed by atoms with E-state index in [1.54, 1.807) is 25.1 Å². The Hall–Kier alpha value is -1.78. The summed E-state index contributed by atoms with van der Waals surface area (Å²) >= 11 is 0. The number of hydrogen-bond donors (Lipinski definition) is 1. The summed E-state index contributed by atoms with van der Waals surface area (Å²) in [6.07, 6.45) is 0. The predicted molar refractivity (Wildman–Crippen MR) is 70.3 cm³/mol. The molecule has 0 radical (unpaired) electrons. The van der Waals surface area contributed by atoms with Crippen molar-refractivity contribution in [3.63, 3.8) is 0 Å². The van der Waals surface area contributed by atoms with Crippen LogP contribution in [0.3, 0.4) is 0 Å². The first kappa shape index (κ1) is 15.3. The van der Waals surface area contributed by atoms with Crippen LogP contribution < -0.4 is 14.6 Å². The maximum absolute atomic E-state index is 10.9. The lowest BCUT2D eigenvalue weighted by Gasteiger charge is -2.13. The van der Waals surface area contributed by atoms with E-state index in [9.17, 15) is 8.42 Å². The summed E-state index contributed by atoms with van der Waals surface area (Å²) in [5, 5.41) is 13.8. The lowest BCUT2D eigenvalue weighted by atomic mass is 10.2. The van der Waals surface area contributed by atoms with Gasteiger partial charge in [0.25, 0.3) is 0 Å². The van der Waals surface area contributed by atoms with E-state index in [0.29, 0.717) is 17.1 Å². The van der Waals surface area contributed by atoms with Gasteiger partial charge >= 0.3 is 0 Å². The first-order chi connectivity index (χ1) is 8.84. The van der Waals surface area contributed by atoms with Gasteiger partial charge in [-0.15, -0.1) is 0 Å². The van der Waals surface area contributed by atoms with Crippen LogP contribution in [0.25, 0.3) is 0 Å². The number of ether oxygens (including phenoxy) is 2. The Bertz CT molecular complexity index is 578. The second-order valence-electron chi connectivity index (χ2n) is 4.25. The van der Waals surface area contributed by atoms with Gasteiger partial charge in [0.15, 0.2) is 0 Å². The number of rotatable bonds is 6. The number of hydrogen-bond acceptors (Lipinski definition) is 5. The molecular weight excluding hydrogens is 268 g/mol. The standard InChI is InChI=1S/C12H16N2O4S/c1-9(8-19(14,15)16)7-18-12-4-10(6-13)3-11(5-12)17-2/h3-5,9H,7-8H2,1-2H3,(H2,14,15,16). The number of nitrogens with two attached hydrogens (primary N) is 1. The fraction of sp³-hybridized carbons (Fsp3) is 0.417. The predicted octanol–water partition coefficient (Wildman–Crippen LogP) is 0.870. The van der Waals surface area contributed by atoms with Crippen LogP contribution in [-0.2, 0) is 10.0 Å². The Morgan fingerprint density at radius 2 is 2.00 bits per heavy atom. The zero-order valence-corrected chi connectivity index (χ0v) is 11.6. The number of methoxy groups -OCH3 is 1. The highest BCUT2D eigenvalue weighted by atomic mass is 32.2. The lowest BCUT2D eigenvalue weighted by molar-refractivity contribution is 0.270. The molecule has 0 saturated carbocycles. The van der Waals surface area contributed by atoms with E-state index in [0.717, 1.165) is 0 Å². The van der Waals surface area contributed by atoms with Crippen molar-refractivity contribution in [1.82, 2.24) is 0 Å². The van der Waals surface area contributed by atoms with E-state index in [2.05, 4.69) is 0 Å². The maximum atomic E-state index is 10.9. The molecule has 1 unspecified atom stereocenters. The second kappa shape index (κ2) is 6.41. The van der Waals surface area contributed by atoms with Crippen LogP contribution in [0.2, 0.25) is 0 Å². The summed E-state index contributed by atoms with van der Waals surface area (Å²) in [6, 6.07) is 6.77. The van der Waals surface area contributed by atoms with Crippen molar-refractivity contribution >= 4 is 10.0 Å². The smallest absolute Gasteiger partial charge is 0.209 e. The van der Waals surface area contributed by atoms with Crippen molar-refractivity contribution in [2.24, 2.45) is 11.1 Å². The van der Waals surface area contributed by atoms with E-state index < -0.39 is 10.0 Å². The minimum Gasteiger partial charge on any atom is -0.497 e. The number of primary sulfonamides is 1. The van der Waals surface area contributed by atoms with E-state index >= 15 is 0 Å². The van der Waals surface area contributed by atoms with Gasteiger partial charge in [0.1, 0.15) is 11.5 Å². The fourth-order valence-corrected chi connectivity index (χ4v) is 2.41. The third-order valence-corrected chi connectivity index (χ3v) is 3.33. The van der Waals surface area contributed by atoms with Gasteiger partial charge in [0.2, 0.25) is 10.0 Å². The quantitative estimate of drug-likeness (QED) is 0.835. The molecule has 1 rings (SSSR count). The molecule has 104 valence electrons. The number of benzene rings is 1. The molecular formula is C12H16N2O4S. The van der Waals surface area contributed by atoms with Crippen LogP contribution in [0.4, 0.5) is 0 Å². The Morgan fingerprint density at radius 1 is 1.37 bits per heavy atom. The second-order valence-corrected chi connectivity index (χ2v) is 5.91. The summed E-state index contributed by atoms with van der Waals surface area (Å²) in [5.41, 5.74) is 0.411. The van der Waals surface area contributed by atoms with Crippen molar-refractivity contribution < 1.29 is 17.9 Å². The van der Waals surface area contributed by atoms with E-state index in [-0.39, 0.29) is 18.3 Å². The highest BCUT2D eigenvalue weighted by Crippen LogP contribution is 2.22. The van der Waals surface area contributed by atoms with Gasteiger partial charge in [-0.05, 0) is 12.1 Å². The van der Waals surface area contributed by atoms with Gasteiger partial charge in [-0.2, -0.15) is 5.26 Å². The minimum absolute atomic E-state index is 0.151. The molecule has 19 heavy (non-hydrogen) atoms. The van der Waals surface area contributed by atoms with Crippen molar-refractivity contribution in [1.29, 1.82) is 5.26 Å². The Kier molecular flexibility index (Phi) is 5.15. The molecule has 0 aliphatic rings. The molecule has 6 nitrogen and oxygen atoms in total. The molecule has 0 fully saturated rings. The molecule has 0 aliphatic carbocycles. The molecule has 0 amide bonds. The van der Waals surface area contributed by atoms with Crippen LogP contribution >= 0.6 is 0 Å². The topological polar surface area (TPSA) is 102 Å². The van der Waals surface area contributed by atoms with Crippen LogP contribution in [0.5, 0.6) is 11.5 Å². The Morgan fingerprint density at radius 3 is 2.53 bits per heavy atom. The average Bonchev–Trinajstić information content (AvgIpc) is 2.33.